The van der Waals surface area contributed by atoms with Gasteiger partial charge in [0.25, 0.3) is 5.91 Å². The number of aliphatic carboxylic acids is 1. The van der Waals surface area contributed by atoms with E-state index in [4.69, 9.17) is 5.11 Å². The normalized spacial score (nSPS) is 12.4. The van der Waals surface area contributed by atoms with Crippen LogP contribution in [0.4, 0.5) is 5.69 Å². The van der Waals surface area contributed by atoms with E-state index < -0.39 is 23.3 Å². The first-order valence-electron chi connectivity index (χ1n) is 6.56. The first-order valence-corrected chi connectivity index (χ1v) is 6.56. The summed E-state index contributed by atoms with van der Waals surface area (Å²) in [5, 5.41) is 13.8. The van der Waals surface area contributed by atoms with Crippen LogP contribution in [0.25, 0.3) is 0 Å². The number of anilines is 1. The third-order valence-corrected chi connectivity index (χ3v) is 2.80. The second-order valence-electron chi connectivity index (χ2n) is 5.81. The number of amides is 2. The van der Waals surface area contributed by atoms with E-state index in [-0.39, 0.29) is 5.91 Å². The Labute approximate surface area is 123 Å². The van der Waals surface area contributed by atoms with Gasteiger partial charge in [-0.1, -0.05) is 20.8 Å². The van der Waals surface area contributed by atoms with Gasteiger partial charge in [0.15, 0.2) is 0 Å². The van der Waals surface area contributed by atoms with Crippen LogP contribution in [-0.2, 0) is 9.59 Å². The third kappa shape index (κ3) is 4.91. The van der Waals surface area contributed by atoms with Crippen molar-refractivity contribution < 1.29 is 19.5 Å². The van der Waals surface area contributed by atoms with E-state index in [2.05, 4.69) is 10.6 Å². The van der Waals surface area contributed by atoms with Crippen molar-refractivity contribution in [3.8, 4) is 0 Å². The SMILES string of the molecule is CC(NC(=O)c1ccc(NC(=O)C(C)(C)C)cc1)C(=O)O. The zero-order chi connectivity index (χ0) is 16.2. The molecule has 1 unspecified atom stereocenters. The van der Waals surface area contributed by atoms with Crippen molar-refractivity contribution >= 4 is 23.5 Å². The number of carbonyl (C=O) groups excluding carboxylic acids is 2. The summed E-state index contributed by atoms with van der Waals surface area (Å²) in [6, 6.07) is 5.30. The molecule has 0 saturated carbocycles. The molecular weight excluding hydrogens is 272 g/mol. The molecule has 0 aromatic heterocycles. The summed E-state index contributed by atoms with van der Waals surface area (Å²) in [7, 11) is 0. The van der Waals surface area contributed by atoms with Gasteiger partial charge in [-0.3, -0.25) is 14.4 Å². The van der Waals surface area contributed by atoms with Crippen molar-refractivity contribution in [2.24, 2.45) is 5.41 Å². The molecule has 6 nitrogen and oxygen atoms in total. The molecule has 0 fully saturated rings. The quantitative estimate of drug-likeness (QED) is 0.789. The van der Waals surface area contributed by atoms with Crippen molar-refractivity contribution in [2.75, 3.05) is 5.32 Å². The van der Waals surface area contributed by atoms with Crippen molar-refractivity contribution in [3.05, 3.63) is 29.8 Å². The molecule has 1 aromatic carbocycles. The zero-order valence-corrected chi connectivity index (χ0v) is 12.6. The molecule has 0 aliphatic heterocycles. The highest BCUT2D eigenvalue weighted by Gasteiger charge is 2.21. The van der Waals surface area contributed by atoms with Gasteiger partial charge in [-0.25, -0.2) is 0 Å². The maximum atomic E-state index is 11.8. The summed E-state index contributed by atoms with van der Waals surface area (Å²) in [4.78, 5) is 34.3. The van der Waals surface area contributed by atoms with Crippen LogP contribution in [0.3, 0.4) is 0 Å². The number of carboxylic acids is 1. The van der Waals surface area contributed by atoms with Gasteiger partial charge in [0.1, 0.15) is 6.04 Å². The van der Waals surface area contributed by atoms with Crippen LogP contribution in [0.1, 0.15) is 38.1 Å². The van der Waals surface area contributed by atoms with Crippen molar-refractivity contribution in [2.45, 2.75) is 33.7 Å². The number of carboxylic acid groups (broad SMARTS) is 1. The number of nitrogens with one attached hydrogen (secondary N) is 2. The fourth-order valence-corrected chi connectivity index (χ4v) is 1.37. The molecule has 1 aromatic rings. The standard InChI is InChI=1S/C15H20N2O4/c1-9(13(19)20)16-12(18)10-5-7-11(8-6-10)17-14(21)15(2,3)4/h5-9H,1-4H3,(H,16,18)(H,17,21)(H,19,20). The van der Waals surface area contributed by atoms with Crippen molar-refractivity contribution in [3.63, 3.8) is 0 Å². The van der Waals surface area contributed by atoms with E-state index >= 15 is 0 Å². The van der Waals surface area contributed by atoms with Gasteiger partial charge < -0.3 is 15.7 Å². The lowest BCUT2D eigenvalue weighted by Crippen LogP contribution is -2.38. The molecule has 2 amide bonds. The topological polar surface area (TPSA) is 95.5 Å². The summed E-state index contributed by atoms with van der Waals surface area (Å²) in [5.41, 5.74) is 0.405. The number of hydrogen-bond acceptors (Lipinski definition) is 3. The van der Waals surface area contributed by atoms with Crippen molar-refractivity contribution in [1.82, 2.24) is 5.32 Å². The molecule has 114 valence electrons. The fourth-order valence-electron chi connectivity index (χ4n) is 1.37. The minimum atomic E-state index is -1.10. The maximum Gasteiger partial charge on any atom is 0.325 e. The summed E-state index contributed by atoms with van der Waals surface area (Å²) in [6.45, 7) is 6.80. The molecular formula is C15H20N2O4. The fraction of sp³-hybridized carbons (Fsp3) is 0.400. The van der Waals surface area contributed by atoms with Crippen molar-refractivity contribution in [1.29, 1.82) is 0 Å². The lowest BCUT2D eigenvalue weighted by Gasteiger charge is -2.17. The van der Waals surface area contributed by atoms with Crippen LogP contribution in [0.2, 0.25) is 0 Å². The van der Waals surface area contributed by atoms with Gasteiger partial charge in [-0.2, -0.15) is 0 Å². The zero-order valence-electron chi connectivity index (χ0n) is 12.6. The van der Waals surface area contributed by atoms with E-state index in [9.17, 15) is 14.4 Å². The molecule has 1 atom stereocenters. The highest BCUT2D eigenvalue weighted by atomic mass is 16.4. The minimum absolute atomic E-state index is 0.126. The second kappa shape index (κ2) is 6.39. The highest BCUT2D eigenvalue weighted by molar-refractivity contribution is 5.98. The number of benzene rings is 1. The molecule has 21 heavy (non-hydrogen) atoms. The summed E-state index contributed by atoms with van der Waals surface area (Å²) in [6.07, 6.45) is 0. The lowest BCUT2D eigenvalue weighted by molar-refractivity contribution is -0.138. The molecule has 1 rings (SSSR count). The van der Waals surface area contributed by atoms with Crippen LogP contribution in [-0.4, -0.2) is 28.9 Å². The number of hydrogen-bond donors (Lipinski definition) is 3. The Bertz CT molecular complexity index is 544. The van der Waals surface area contributed by atoms with Crippen LogP contribution in [0, 0.1) is 5.41 Å². The first-order chi connectivity index (χ1) is 9.61. The summed E-state index contributed by atoms with van der Waals surface area (Å²) < 4.78 is 0. The van der Waals surface area contributed by atoms with E-state index in [1.807, 2.05) is 0 Å². The highest BCUT2D eigenvalue weighted by Crippen LogP contribution is 2.17. The third-order valence-electron chi connectivity index (χ3n) is 2.80. The molecule has 0 aliphatic carbocycles. The molecule has 6 heteroatoms. The Kier molecular flexibility index (Phi) is 5.07. The Balaban J connectivity index is 2.72. The minimum Gasteiger partial charge on any atom is -0.480 e. The largest absolute Gasteiger partial charge is 0.480 e. The van der Waals surface area contributed by atoms with Crippen LogP contribution in [0.15, 0.2) is 24.3 Å². The monoisotopic (exact) mass is 292 g/mol. The lowest BCUT2D eigenvalue weighted by atomic mass is 9.95. The summed E-state index contributed by atoms with van der Waals surface area (Å²) in [5.74, 6) is -1.70. The van der Waals surface area contributed by atoms with Gasteiger partial charge in [-0.15, -0.1) is 0 Å². The van der Waals surface area contributed by atoms with Gasteiger partial charge in [0.05, 0.1) is 0 Å². The predicted molar refractivity (Wildman–Crippen MR) is 79.1 cm³/mol. The van der Waals surface area contributed by atoms with Crippen LogP contribution >= 0.6 is 0 Å². The van der Waals surface area contributed by atoms with E-state index in [1.165, 1.54) is 19.1 Å². The Morgan fingerprint density at radius 1 is 1.10 bits per heavy atom. The second-order valence-corrected chi connectivity index (χ2v) is 5.81. The molecule has 0 aliphatic rings. The van der Waals surface area contributed by atoms with E-state index in [0.29, 0.717) is 11.3 Å². The molecule has 0 spiro atoms. The molecule has 0 bridgehead atoms. The van der Waals surface area contributed by atoms with Gasteiger partial charge in [0.2, 0.25) is 5.91 Å². The Hall–Kier alpha value is -2.37. The first kappa shape index (κ1) is 16.7. The van der Waals surface area contributed by atoms with Crippen LogP contribution in [0.5, 0.6) is 0 Å². The summed E-state index contributed by atoms with van der Waals surface area (Å²) >= 11 is 0. The smallest absolute Gasteiger partial charge is 0.325 e. The molecule has 0 radical (unpaired) electrons. The number of rotatable bonds is 4. The average molecular weight is 292 g/mol. The van der Waals surface area contributed by atoms with Crippen LogP contribution < -0.4 is 10.6 Å². The average Bonchev–Trinajstić information content (AvgIpc) is 2.38. The number of carbonyl (C=O) groups is 3. The van der Waals surface area contributed by atoms with Gasteiger partial charge in [0, 0.05) is 16.7 Å². The molecule has 0 saturated heterocycles. The predicted octanol–water partition coefficient (Wildman–Crippen LogP) is 1.87. The van der Waals surface area contributed by atoms with Gasteiger partial charge >= 0.3 is 5.97 Å². The van der Waals surface area contributed by atoms with Gasteiger partial charge in [-0.05, 0) is 31.2 Å². The Morgan fingerprint density at radius 3 is 2.05 bits per heavy atom. The van der Waals surface area contributed by atoms with E-state index in [0.717, 1.165) is 0 Å². The van der Waals surface area contributed by atoms with E-state index in [1.54, 1.807) is 32.9 Å². The maximum absolute atomic E-state index is 11.8. The molecule has 0 heterocycles. The molecule has 3 N–H and O–H groups in total. The Morgan fingerprint density at radius 2 is 1.62 bits per heavy atom.